The quantitative estimate of drug-likeness (QED) is 0.892. The van der Waals surface area contributed by atoms with Crippen molar-refractivity contribution in [3.63, 3.8) is 0 Å². The Morgan fingerprint density at radius 2 is 1.89 bits per heavy atom. The number of rotatable bonds is 4. The Bertz CT molecular complexity index is 552. The Kier molecular flexibility index (Phi) is 3.52. The number of nitrogens with zero attached hydrogens (tertiary/aromatic N) is 2. The number of aromatic carboxylic acids is 1. The summed E-state index contributed by atoms with van der Waals surface area (Å²) < 4.78 is 5.32. The van der Waals surface area contributed by atoms with Crippen LogP contribution >= 0.6 is 0 Å². The first-order valence-corrected chi connectivity index (χ1v) is 5.50. The van der Waals surface area contributed by atoms with Gasteiger partial charge in [-0.25, -0.2) is 9.78 Å². The third-order valence-electron chi connectivity index (χ3n) is 2.34. The van der Waals surface area contributed by atoms with Gasteiger partial charge in [0.25, 0.3) is 0 Å². The van der Waals surface area contributed by atoms with Gasteiger partial charge < -0.3 is 9.84 Å². The normalized spacial score (nSPS) is 10.1. The highest BCUT2D eigenvalue weighted by atomic mass is 16.5. The Morgan fingerprint density at radius 1 is 1.22 bits per heavy atom. The molecule has 2 rings (SSSR count). The first-order chi connectivity index (χ1) is 8.72. The summed E-state index contributed by atoms with van der Waals surface area (Å²) in [5, 5.41) is 9.04. The number of aromatic nitrogens is 2. The van der Waals surface area contributed by atoms with E-state index in [4.69, 9.17) is 9.84 Å². The smallest absolute Gasteiger partial charge is 0.356 e. The van der Waals surface area contributed by atoms with E-state index in [9.17, 15) is 4.79 Å². The number of hydrogen-bond donors (Lipinski definition) is 1. The molecule has 0 radical (unpaired) electrons. The van der Waals surface area contributed by atoms with Crippen LogP contribution in [-0.2, 0) is 0 Å². The summed E-state index contributed by atoms with van der Waals surface area (Å²) in [6.07, 6.45) is 2.83. The fourth-order valence-corrected chi connectivity index (χ4v) is 1.58. The van der Waals surface area contributed by atoms with Gasteiger partial charge in [-0.15, -0.1) is 0 Å². The van der Waals surface area contributed by atoms with E-state index in [0.29, 0.717) is 17.9 Å². The molecule has 2 aromatic rings. The van der Waals surface area contributed by atoms with Crippen LogP contribution in [0.15, 0.2) is 36.7 Å². The Labute approximate surface area is 104 Å². The highest BCUT2D eigenvalue weighted by molar-refractivity contribution is 5.92. The fourth-order valence-electron chi connectivity index (χ4n) is 1.58. The van der Waals surface area contributed by atoms with E-state index in [1.165, 1.54) is 12.4 Å². The second kappa shape index (κ2) is 5.27. The largest absolute Gasteiger partial charge is 0.494 e. The molecule has 0 atom stereocenters. The van der Waals surface area contributed by atoms with Crippen LogP contribution in [0.5, 0.6) is 5.75 Å². The van der Waals surface area contributed by atoms with Crippen molar-refractivity contribution in [2.45, 2.75) is 6.92 Å². The zero-order valence-electron chi connectivity index (χ0n) is 9.83. The van der Waals surface area contributed by atoms with Gasteiger partial charge in [0.05, 0.1) is 6.61 Å². The summed E-state index contributed by atoms with van der Waals surface area (Å²) in [5.74, 6) is -0.353. The van der Waals surface area contributed by atoms with E-state index in [-0.39, 0.29) is 5.69 Å². The summed E-state index contributed by atoms with van der Waals surface area (Å²) in [6.45, 7) is 2.49. The highest BCUT2D eigenvalue weighted by Crippen LogP contribution is 2.22. The molecule has 0 aliphatic carbocycles. The molecule has 0 bridgehead atoms. The summed E-state index contributed by atoms with van der Waals surface area (Å²) >= 11 is 0. The van der Waals surface area contributed by atoms with E-state index < -0.39 is 5.97 Å². The van der Waals surface area contributed by atoms with Crippen LogP contribution in [0.1, 0.15) is 17.4 Å². The van der Waals surface area contributed by atoms with Crippen molar-refractivity contribution in [3.8, 4) is 17.0 Å². The second-order valence-electron chi connectivity index (χ2n) is 3.52. The molecular weight excluding hydrogens is 232 g/mol. The van der Waals surface area contributed by atoms with Gasteiger partial charge in [-0.1, -0.05) is 0 Å². The summed E-state index contributed by atoms with van der Waals surface area (Å²) in [4.78, 5) is 18.9. The van der Waals surface area contributed by atoms with Crippen LogP contribution in [0.4, 0.5) is 0 Å². The molecule has 0 spiro atoms. The summed E-state index contributed by atoms with van der Waals surface area (Å²) in [5.41, 5.74) is 0.999. The standard InChI is InChI=1S/C13H12N2O3/c1-2-18-10-5-3-9(4-6-10)11-12(13(16)17)15-8-7-14-11/h3-8H,2H2,1H3,(H,16,17). The maximum absolute atomic E-state index is 11.0. The minimum Gasteiger partial charge on any atom is -0.494 e. The molecule has 0 saturated carbocycles. The van der Waals surface area contributed by atoms with Crippen molar-refractivity contribution in [1.29, 1.82) is 0 Å². The molecule has 92 valence electrons. The zero-order chi connectivity index (χ0) is 13.0. The van der Waals surface area contributed by atoms with Gasteiger partial charge in [-0.3, -0.25) is 4.98 Å². The molecule has 1 heterocycles. The van der Waals surface area contributed by atoms with E-state index in [1.807, 2.05) is 6.92 Å². The van der Waals surface area contributed by atoms with Crippen molar-refractivity contribution in [3.05, 3.63) is 42.4 Å². The molecule has 0 aliphatic rings. The van der Waals surface area contributed by atoms with Gasteiger partial charge in [-0.05, 0) is 31.2 Å². The molecule has 0 saturated heterocycles. The maximum atomic E-state index is 11.0. The first kappa shape index (κ1) is 12.0. The van der Waals surface area contributed by atoms with Gasteiger partial charge in [0.1, 0.15) is 11.4 Å². The molecule has 0 aliphatic heterocycles. The van der Waals surface area contributed by atoms with Crippen LogP contribution in [0.3, 0.4) is 0 Å². The molecule has 1 aromatic carbocycles. The third-order valence-corrected chi connectivity index (χ3v) is 2.34. The lowest BCUT2D eigenvalue weighted by Crippen LogP contribution is -2.04. The average molecular weight is 244 g/mol. The van der Waals surface area contributed by atoms with E-state index in [0.717, 1.165) is 5.75 Å². The number of benzene rings is 1. The number of ether oxygens (including phenoxy) is 1. The lowest BCUT2D eigenvalue weighted by molar-refractivity contribution is 0.0691. The fraction of sp³-hybridized carbons (Fsp3) is 0.154. The molecule has 1 aromatic heterocycles. The van der Waals surface area contributed by atoms with Crippen molar-refractivity contribution >= 4 is 5.97 Å². The lowest BCUT2D eigenvalue weighted by atomic mass is 10.1. The maximum Gasteiger partial charge on any atom is 0.356 e. The van der Waals surface area contributed by atoms with E-state index in [1.54, 1.807) is 24.3 Å². The van der Waals surface area contributed by atoms with Crippen molar-refractivity contribution in [2.75, 3.05) is 6.61 Å². The van der Waals surface area contributed by atoms with Crippen LogP contribution in [0.2, 0.25) is 0 Å². The Balaban J connectivity index is 2.39. The van der Waals surface area contributed by atoms with Gasteiger partial charge >= 0.3 is 5.97 Å². The van der Waals surface area contributed by atoms with Crippen LogP contribution in [0.25, 0.3) is 11.3 Å². The van der Waals surface area contributed by atoms with Gasteiger partial charge in [0.2, 0.25) is 0 Å². The van der Waals surface area contributed by atoms with Crippen molar-refractivity contribution < 1.29 is 14.6 Å². The Morgan fingerprint density at radius 3 is 2.50 bits per heavy atom. The predicted octanol–water partition coefficient (Wildman–Crippen LogP) is 2.24. The highest BCUT2D eigenvalue weighted by Gasteiger charge is 2.14. The second-order valence-corrected chi connectivity index (χ2v) is 3.52. The monoisotopic (exact) mass is 244 g/mol. The van der Waals surface area contributed by atoms with E-state index in [2.05, 4.69) is 9.97 Å². The number of hydrogen-bond acceptors (Lipinski definition) is 4. The molecule has 18 heavy (non-hydrogen) atoms. The molecule has 0 fully saturated rings. The van der Waals surface area contributed by atoms with Gasteiger partial charge in [0.15, 0.2) is 5.69 Å². The summed E-state index contributed by atoms with van der Waals surface area (Å²) in [7, 11) is 0. The minimum atomic E-state index is -1.09. The number of carboxylic acid groups (broad SMARTS) is 1. The first-order valence-electron chi connectivity index (χ1n) is 5.50. The lowest BCUT2D eigenvalue weighted by Gasteiger charge is -2.06. The molecule has 0 amide bonds. The van der Waals surface area contributed by atoms with Crippen LogP contribution in [0, 0.1) is 0 Å². The Hall–Kier alpha value is -2.43. The van der Waals surface area contributed by atoms with Crippen LogP contribution in [-0.4, -0.2) is 27.7 Å². The summed E-state index contributed by atoms with van der Waals surface area (Å²) in [6, 6.07) is 7.08. The molecule has 5 heteroatoms. The van der Waals surface area contributed by atoms with Gasteiger partial charge in [0, 0.05) is 18.0 Å². The zero-order valence-corrected chi connectivity index (χ0v) is 9.83. The van der Waals surface area contributed by atoms with Crippen molar-refractivity contribution in [2.24, 2.45) is 0 Å². The average Bonchev–Trinajstić information content (AvgIpc) is 2.40. The van der Waals surface area contributed by atoms with Crippen molar-refractivity contribution in [1.82, 2.24) is 9.97 Å². The molecule has 0 unspecified atom stereocenters. The minimum absolute atomic E-state index is 0.0540. The number of carbonyl (C=O) groups is 1. The SMILES string of the molecule is CCOc1ccc(-c2nccnc2C(=O)O)cc1. The van der Waals surface area contributed by atoms with Gasteiger partial charge in [-0.2, -0.15) is 0 Å². The third kappa shape index (κ3) is 2.45. The van der Waals surface area contributed by atoms with E-state index >= 15 is 0 Å². The number of carboxylic acids is 1. The topological polar surface area (TPSA) is 72.3 Å². The van der Waals surface area contributed by atoms with Crippen LogP contribution < -0.4 is 4.74 Å². The molecular formula is C13H12N2O3. The molecule has 5 nitrogen and oxygen atoms in total. The molecule has 1 N–H and O–H groups in total. The predicted molar refractivity (Wildman–Crippen MR) is 65.6 cm³/mol.